The van der Waals surface area contributed by atoms with E-state index in [0.717, 1.165) is 5.39 Å². The largest absolute Gasteiger partial charge is 0.470 e. The second-order valence-electron chi connectivity index (χ2n) is 6.62. The Bertz CT molecular complexity index is 922. The topological polar surface area (TPSA) is 113 Å². The molecule has 142 valence electrons. The van der Waals surface area contributed by atoms with Crippen molar-refractivity contribution in [3.05, 3.63) is 39.6 Å². The van der Waals surface area contributed by atoms with Crippen molar-refractivity contribution in [2.24, 2.45) is 5.11 Å². The highest BCUT2D eigenvalue weighted by molar-refractivity contribution is 6.30. The van der Waals surface area contributed by atoms with Gasteiger partial charge in [-0.25, -0.2) is 14.8 Å². The molecule has 2 aromatic rings. The van der Waals surface area contributed by atoms with Crippen LogP contribution < -0.4 is 4.74 Å². The molecule has 1 amide bonds. The first-order valence-corrected chi connectivity index (χ1v) is 8.83. The van der Waals surface area contributed by atoms with Crippen molar-refractivity contribution < 1.29 is 14.3 Å². The van der Waals surface area contributed by atoms with Crippen molar-refractivity contribution in [1.82, 2.24) is 14.9 Å². The molecule has 2 aromatic heterocycles. The number of carbonyl (C=O) groups is 1. The van der Waals surface area contributed by atoms with Crippen LogP contribution in [0.2, 0.25) is 5.15 Å². The summed E-state index contributed by atoms with van der Waals surface area (Å²) in [6, 6.07) is 1.70. The lowest BCUT2D eigenvalue weighted by atomic mass is 9.93. The predicted octanol–water partition coefficient (Wildman–Crippen LogP) is 4.05. The van der Waals surface area contributed by atoms with E-state index >= 15 is 0 Å². The summed E-state index contributed by atoms with van der Waals surface area (Å²) < 4.78 is 10.9. The minimum Gasteiger partial charge on any atom is -0.470 e. The maximum atomic E-state index is 11.7. The standard InChI is InChI=1S/C17H19ClN6O3/c1-4-26-16(25)24-8-10(9-24)27-15-12-6-20-14(18)5-11(12)13(7-21-15)17(2,3)22-23-19/h5-7,10H,4,8-9H2,1-3H3. The van der Waals surface area contributed by atoms with Gasteiger partial charge in [0.05, 0.1) is 30.6 Å². The van der Waals surface area contributed by atoms with Gasteiger partial charge in [0.2, 0.25) is 5.88 Å². The van der Waals surface area contributed by atoms with Crippen molar-refractivity contribution in [3.8, 4) is 5.88 Å². The van der Waals surface area contributed by atoms with Gasteiger partial charge in [-0.3, -0.25) is 0 Å². The number of fused-ring (bicyclic) bond motifs is 1. The van der Waals surface area contributed by atoms with E-state index in [0.29, 0.717) is 41.7 Å². The molecule has 9 nitrogen and oxygen atoms in total. The SMILES string of the molecule is CCOC(=O)N1CC(Oc2ncc(C(C)(C)N=[N+]=[N-])c3cc(Cl)ncc23)C1. The van der Waals surface area contributed by atoms with Gasteiger partial charge in [-0.2, -0.15) is 0 Å². The van der Waals surface area contributed by atoms with Crippen LogP contribution in [0.3, 0.4) is 0 Å². The van der Waals surface area contributed by atoms with Gasteiger partial charge in [0, 0.05) is 17.3 Å². The number of azide groups is 1. The van der Waals surface area contributed by atoms with Crippen LogP contribution in [0.4, 0.5) is 4.79 Å². The zero-order chi connectivity index (χ0) is 19.6. The molecule has 0 bridgehead atoms. The van der Waals surface area contributed by atoms with E-state index in [1.165, 1.54) is 0 Å². The predicted molar refractivity (Wildman–Crippen MR) is 99.7 cm³/mol. The Hall–Kier alpha value is -2.77. The number of aromatic nitrogens is 2. The molecule has 1 fully saturated rings. The highest BCUT2D eigenvalue weighted by Gasteiger charge is 2.34. The molecule has 0 aliphatic carbocycles. The van der Waals surface area contributed by atoms with E-state index in [-0.39, 0.29) is 12.2 Å². The van der Waals surface area contributed by atoms with E-state index in [2.05, 4.69) is 20.0 Å². The Morgan fingerprint density at radius 3 is 2.81 bits per heavy atom. The monoisotopic (exact) mass is 390 g/mol. The molecule has 10 heteroatoms. The quantitative estimate of drug-likeness (QED) is 0.330. The maximum absolute atomic E-state index is 11.7. The summed E-state index contributed by atoms with van der Waals surface area (Å²) in [4.78, 5) is 24.6. The Morgan fingerprint density at radius 1 is 1.41 bits per heavy atom. The molecular weight excluding hydrogens is 372 g/mol. The summed E-state index contributed by atoms with van der Waals surface area (Å²) >= 11 is 6.06. The smallest absolute Gasteiger partial charge is 0.410 e. The van der Waals surface area contributed by atoms with Crippen molar-refractivity contribution >= 4 is 28.5 Å². The third-order valence-electron chi connectivity index (χ3n) is 4.31. The lowest BCUT2D eigenvalue weighted by molar-refractivity contribution is 0.0114. The molecule has 0 N–H and O–H groups in total. The molecule has 3 heterocycles. The molecule has 1 aliphatic rings. The van der Waals surface area contributed by atoms with Gasteiger partial charge in [0.1, 0.15) is 11.3 Å². The number of nitrogens with zero attached hydrogens (tertiary/aromatic N) is 6. The number of carbonyl (C=O) groups excluding carboxylic acids is 1. The summed E-state index contributed by atoms with van der Waals surface area (Å²) in [7, 11) is 0. The normalized spacial score (nSPS) is 14.4. The minimum atomic E-state index is -0.819. The van der Waals surface area contributed by atoms with Crippen LogP contribution in [0.25, 0.3) is 21.2 Å². The average Bonchev–Trinajstić information content (AvgIpc) is 2.57. The van der Waals surface area contributed by atoms with Gasteiger partial charge in [-0.1, -0.05) is 30.6 Å². The van der Waals surface area contributed by atoms with Crippen LogP contribution in [-0.2, 0) is 10.3 Å². The van der Waals surface area contributed by atoms with Crippen molar-refractivity contribution in [3.63, 3.8) is 0 Å². The Morgan fingerprint density at radius 2 is 2.15 bits per heavy atom. The van der Waals surface area contributed by atoms with Crippen LogP contribution in [-0.4, -0.2) is 46.8 Å². The highest BCUT2D eigenvalue weighted by Crippen LogP contribution is 2.36. The number of rotatable bonds is 5. The van der Waals surface area contributed by atoms with E-state index in [1.807, 2.05) is 0 Å². The molecule has 1 saturated heterocycles. The molecule has 0 atom stereocenters. The summed E-state index contributed by atoms with van der Waals surface area (Å²) in [5, 5.41) is 5.57. The molecule has 0 spiro atoms. The Balaban J connectivity index is 1.88. The summed E-state index contributed by atoms with van der Waals surface area (Å²) in [5.74, 6) is 0.392. The first-order valence-electron chi connectivity index (χ1n) is 8.45. The molecule has 0 radical (unpaired) electrons. The van der Waals surface area contributed by atoms with Crippen molar-refractivity contribution in [2.75, 3.05) is 19.7 Å². The van der Waals surface area contributed by atoms with Gasteiger partial charge in [0.25, 0.3) is 0 Å². The van der Waals surface area contributed by atoms with Crippen molar-refractivity contribution in [2.45, 2.75) is 32.4 Å². The fourth-order valence-electron chi connectivity index (χ4n) is 2.87. The van der Waals surface area contributed by atoms with Gasteiger partial charge >= 0.3 is 6.09 Å². The summed E-state index contributed by atoms with van der Waals surface area (Å²) in [6.07, 6.45) is 2.66. The van der Waals surface area contributed by atoms with Gasteiger partial charge in [-0.15, -0.1) is 0 Å². The number of ether oxygens (including phenoxy) is 2. The van der Waals surface area contributed by atoms with Gasteiger partial charge in [0.15, 0.2) is 0 Å². The third-order valence-corrected chi connectivity index (χ3v) is 4.51. The zero-order valence-electron chi connectivity index (χ0n) is 15.2. The lowest BCUT2D eigenvalue weighted by Gasteiger charge is -2.37. The van der Waals surface area contributed by atoms with Crippen LogP contribution in [0, 0.1) is 0 Å². The van der Waals surface area contributed by atoms with E-state index < -0.39 is 5.54 Å². The van der Waals surface area contributed by atoms with E-state index in [4.69, 9.17) is 26.6 Å². The lowest BCUT2D eigenvalue weighted by Crippen LogP contribution is -2.56. The minimum absolute atomic E-state index is 0.184. The zero-order valence-corrected chi connectivity index (χ0v) is 16.0. The molecular formula is C17H19ClN6O3. The fraction of sp³-hybridized carbons (Fsp3) is 0.471. The number of amides is 1. The number of hydrogen-bond donors (Lipinski definition) is 0. The Labute approximate surface area is 160 Å². The second-order valence-corrected chi connectivity index (χ2v) is 7.01. The molecule has 27 heavy (non-hydrogen) atoms. The number of likely N-dealkylation sites (tertiary alicyclic amines) is 1. The van der Waals surface area contributed by atoms with Crippen LogP contribution in [0.15, 0.2) is 23.6 Å². The fourth-order valence-corrected chi connectivity index (χ4v) is 3.02. The molecule has 0 unspecified atom stereocenters. The van der Waals surface area contributed by atoms with Crippen LogP contribution in [0.5, 0.6) is 5.88 Å². The molecule has 3 rings (SSSR count). The van der Waals surface area contributed by atoms with E-state index in [9.17, 15) is 4.79 Å². The molecule has 1 aliphatic heterocycles. The molecule has 0 aromatic carbocycles. The first kappa shape index (κ1) is 19.0. The van der Waals surface area contributed by atoms with Crippen LogP contribution in [0.1, 0.15) is 26.3 Å². The third kappa shape index (κ3) is 3.84. The second kappa shape index (κ2) is 7.46. The van der Waals surface area contributed by atoms with E-state index in [1.54, 1.807) is 44.1 Å². The average molecular weight is 391 g/mol. The first-order chi connectivity index (χ1) is 12.9. The van der Waals surface area contributed by atoms with Crippen LogP contribution >= 0.6 is 11.6 Å². The van der Waals surface area contributed by atoms with Gasteiger partial charge in [-0.05, 0) is 29.5 Å². The van der Waals surface area contributed by atoms with Gasteiger partial charge < -0.3 is 14.4 Å². The maximum Gasteiger partial charge on any atom is 0.410 e. The highest BCUT2D eigenvalue weighted by atomic mass is 35.5. The summed E-state index contributed by atoms with van der Waals surface area (Å²) in [6.45, 7) is 6.54. The number of hydrogen-bond acceptors (Lipinski definition) is 6. The molecule has 0 saturated carbocycles. The Kier molecular flexibility index (Phi) is 5.25. The van der Waals surface area contributed by atoms with Crippen molar-refractivity contribution in [1.29, 1.82) is 0 Å². The number of pyridine rings is 2. The number of halogens is 1. The summed E-state index contributed by atoms with van der Waals surface area (Å²) in [5.41, 5.74) is 8.74.